The van der Waals surface area contributed by atoms with E-state index >= 15 is 0 Å². The topological polar surface area (TPSA) is 145 Å². The lowest BCUT2D eigenvalue weighted by Crippen LogP contribution is -2.10. The molecule has 3 heterocycles. The van der Waals surface area contributed by atoms with Crippen molar-refractivity contribution in [3.63, 3.8) is 0 Å². The van der Waals surface area contributed by atoms with Crippen molar-refractivity contribution in [1.82, 2.24) is 40.8 Å². The summed E-state index contributed by atoms with van der Waals surface area (Å²) in [5, 5.41) is 26.1. The number of hydrogen-bond acceptors (Lipinski definition) is 6. The van der Waals surface area contributed by atoms with Gasteiger partial charge in [0.25, 0.3) is 0 Å². The summed E-state index contributed by atoms with van der Waals surface area (Å²) in [6.07, 6.45) is 0. The normalized spacial score (nSPS) is 11.5. The highest BCUT2D eigenvalue weighted by atomic mass is 32.1. The van der Waals surface area contributed by atoms with Gasteiger partial charge in [-0.25, -0.2) is 9.98 Å². The van der Waals surface area contributed by atoms with E-state index in [2.05, 4.69) is 50.8 Å². The van der Waals surface area contributed by atoms with Crippen LogP contribution in [0.4, 0.5) is 11.4 Å². The fourth-order valence-corrected chi connectivity index (χ4v) is 3.24. The quantitative estimate of drug-likeness (QED) is 0.208. The summed E-state index contributed by atoms with van der Waals surface area (Å²) in [7, 11) is 0. The average molecular weight is 435 g/mol. The van der Waals surface area contributed by atoms with Crippen LogP contribution in [0.5, 0.6) is 0 Å². The number of fused-ring (bicyclic) bond motifs is 6. The maximum atomic E-state index is 5.32. The predicted octanol–water partition coefficient (Wildman–Crippen LogP) is 3.14. The molecular weight excluding hydrogens is 420 g/mol. The van der Waals surface area contributed by atoms with Gasteiger partial charge in [0, 0.05) is 11.1 Å². The lowest BCUT2D eigenvalue weighted by atomic mass is 10.1. The van der Waals surface area contributed by atoms with Gasteiger partial charge in [-0.15, -0.1) is 0 Å². The Balaban J connectivity index is 1.82. The van der Waals surface area contributed by atoms with Gasteiger partial charge in [0.15, 0.2) is 11.0 Å². The highest BCUT2D eigenvalue weighted by molar-refractivity contribution is 7.71. The van der Waals surface area contributed by atoms with E-state index in [1.54, 1.807) is 0 Å². The second-order valence-electron chi connectivity index (χ2n) is 6.26. The zero-order valence-electron chi connectivity index (χ0n) is 15.2. The van der Waals surface area contributed by atoms with Gasteiger partial charge in [0.1, 0.15) is 11.4 Å². The summed E-state index contributed by atoms with van der Waals surface area (Å²) in [6, 6.07) is 15.3. The van der Waals surface area contributed by atoms with Crippen molar-refractivity contribution < 1.29 is 0 Å². The van der Waals surface area contributed by atoms with Crippen LogP contribution in [-0.2, 0) is 0 Å². The molecule has 0 atom stereocenters. The van der Waals surface area contributed by atoms with Crippen LogP contribution in [0.2, 0.25) is 0 Å². The summed E-state index contributed by atoms with van der Waals surface area (Å²) >= 11 is 10.6. The summed E-state index contributed by atoms with van der Waals surface area (Å²) < 4.78 is 0.496. The Bertz CT molecular complexity index is 1450. The Morgan fingerprint density at radius 1 is 0.567 bits per heavy atom. The number of aromatic nitrogens is 8. The fraction of sp³-hybridized carbons (Fsp3) is 0. The Morgan fingerprint density at radius 3 is 1.53 bits per heavy atom. The molecular formula is C18H14N10S2. The first-order valence-corrected chi connectivity index (χ1v) is 9.67. The van der Waals surface area contributed by atoms with Gasteiger partial charge in [-0.3, -0.25) is 30.6 Å². The van der Waals surface area contributed by atoms with Gasteiger partial charge in [-0.05, 0) is 36.6 Å². The van der Waals surface area contributed by atoms with Crippen molar-refractivity contribution in [3.8, 4) is 22.5 Å². The lowest BCUT2D eigenvalue weighted by Gasteiger charge is -1.95. The number of rotatable bonds is 0. The smallest absolute Gasteiger partial charge is 0.207 e. The fourth-order valence-electron chi connectivity index (χ4n) is 3.05. The first-order valence-electron chi connectivity index (χ1n) is 8.85. The number of hydrogen-bond donors (Lipinski definition) is 6. The van der Waals surface area contributed by atoms with E-state index in [1.165, 1.54) is 0 Å². The van der Waals surface area contributed by atoms with Crippen molar-refractivity contribution in [2.75, 3.05) is 0 Å². The number of benzene rings is 2. The number of nitrogens with one attached hydrogen (secondary N) is 6. The molecule has 0 spiro atoms. The van der Waals surface area contributed by atoms with Crippen LogP contribution in [-0.4, -0.2) is 40.8 Å². The molecule has 2 aliphatic rings. The molecule has 12 heteroatoms. The summed E-state index contributed by atoms with van der Waals surface area (Å²) in [6.45, 7) is 0. The standard InChI is InChI=1S/C18H14N10S2/c29-17-25-21-13-9-5-1-3-7-11(9)19-15(13)23-27-18(30)28-24-16-14(22-26-17)10-6-2-4-8-12(10)20-16/h1-8H,(H,19,23)(H,20,24)(H2,25,26,29)(H2,27,28,30). The van der Waals surface area contributed by atoms with Crippen LogP contribution < -0.4 is 11.0 Å². The minimum atomic E-state index is 0.218. The maximum Gasteiger partial charge on any atom is 0.207 e. The van der Waals surface area contributed by atoms with Gasteiger partial charge >= 0.3 is 0 Å². The monoisotopic (exact) mass is 434 g/mol. The van der Waals surface area contributed by atoms with E-state index in [4.69, 9.17) is 24.4 Å². The Labute approximate surface area is 178 Å². The maximum absolute atomic E-state index is 5.32. The molecule has 3 aromatic rings. The lowest BCUT2D eigenvalue weighted by molar-refractivity contribution is 0.859. The van der Waals surface area contributed by atoms with Crippen molar-refractivity contribution >= 4 is 35.8 Å². The molecule has 2 aliphatic heterocycles. The second-order valence-corrected chi connectivity index (χ2v) is 7.07. The van der Waals surface area contributed by atoms with Crippen molar-refractivity contribution in [2.45, 2.75) is 0 Å². The van der Waals surface area contributed by atoms with E-state index in [1.807, 2.05) is 48.5 Å². The van der Waals surface area contributed by atoms with Crippen molar-refractivity contribution in [1.29, 1.82) is 0 Å². The highest BCUT2D eigenvalue weighted by Gasteiger charge is 2.14. The van der Waals surface area contributed by atoms with E-state index in [0.29, 0.717) is 22.4 Å². The number of nitrogens with zero attached hydrogens (tertiary/aromatic N) is 4. The third-order valence-electron chi connectivity index (χ3n) is 4.36. The Morgan fingerprint density at radius 2 is 1.03 bits per heavy atom. The van der Waals surface area contributed by atoms with E-state index in [-0.39, 0.29) is 9.54 Å². The summed E-state index contributed by atoms with van der Waals surface area (Å²) in [5.41, 5.74) is 5.40. The van der Waals surface area contributed by atoms with Crippen LogP contribution in [0.3, 0.4) is 0 Å². The minimum absolute atomic E-state index is 0.218. The Hall–Kier alpha value is -3.90. The van der Waals surface area contributed by atoms with E-state index < -0.39 is 0 Å². The molecule has 2 aromatic carbocycles. The van der Waals surface area contributed by atoms with E-state index in [9.17, 15) is 0 Å². The molecule has 6 N–H and O–H groups in total. The molecule has 0 amide bonds. The van der Waals surface area contributed by atoms with Crippen LogP contribution in [0.25, 0.3) is 22.5 Å². The first kappa shape index (κ1) is 18.1. The van der Waals surface area contributed by atoms with Gasteiger partial charge < -0.3 is 0 Å². The van der Waals surface area contributed by atoms with Crippen molar-refractivity contribution in [3.05, 3.63) is 69.0 Å². The predicted molar refractivity (Wildman–Crippen MR) is 115 cm³/mol. The third-order valence-corrected chi connectivity index (χ3v) is 4.75. The largest absolute Gasteiger partial charge is 0.280 e. The molecule has 5 rings (SSSR count). The van der Waals surface area contributed by atoms with Crippen LogP contribution >= 0.6 is 24.4 Å². The van der Waals surface area contributed by atoms with Crippen LogP contribution in [0, 0.1) is 9.54 Å². The SMILES string of the molecule is S=c1[nH]nc2c([nH][nH]c(=S)[nH][nH]c3c(n[nH]1)-c1ccccc1N=3)=Nc1ccccc1-2. The number of H-pyrrole nitrogens is 6. The zero-order valence-corrected chi connectivity index (χ0v) is 16.9. The molecule has 0 aliphatic carbocycles. The molecule has 1 aromatic heterocycles. The molecule has 148 valence electrons. The zero-order chi connectivity index (χ0) is 20.5. The van der Waals surface area contributed by atoms with E-state index in [0.717, 1.165) is 22.5 Å². The number of aromatic amines is 6. The summed E-state index contributed by atoms with van der Waals surface area (Å²) in [4.78, 5) is 9.07. The molecule has 0 saturated heterocycles. The molecule has 0 radical (unpaired) electrons. The summed E-state index contributed by atoms with van der Waals surface area (Å²) in [5.74, 6) is 0. The first-order chi connectivity index (χ1) is 14.7. The molecule has 0 unspecified atom stereocenters. The molecule has 30 heavy (non-hydrogen) atoms. The van der Waals surface area contributed by atoms with Gasteiger partial charge in [0.2, 0.25) is 9.54 Å². The number of para-hydroxylation sites is 2. The average Bonchev–Trinajstić information content (AvgIpc) is 3.30. The molecule has 0 saturated carbocycles. The second kappa shape index (κ2) is 7.50. The molecule has 0 fully saturated rings. The minimum Gasteiger partial charge on any atom is -0.280 e. The van der Waals surface area contributed by atoms with Crippen LogP contribution in [0.1, 0.15) is 0 Å². The van der Waals surface area contributed by atoms with Gasteiger partial charge in [-0.1, -0.05) is 36.4 Å². The molecule has 0 bridgehead atoms. The highest BCUT2D eigenvalue weighted by Crippen LogP contribution is 2.30. The van der Waals surface area contributed by atoms with Gasteiger partial charge in [-0.2, -0.15) is 10.2 Å². The third kappa shape index (κ3) is 3.33. The van der Waals surface area contributed by atoms with Gasteiger partial charge in [0.05, 0.1) is 11.4 Å². The van der Waals surface area contributed by atoms with Crippen LogP contribution in [0.15, 0.2) is 58.5 Å². The Kier molecular flexibility index (Phi) is 4.53. The van der Waals surface area contributed by atoms with Crippen molar-refractivity contribution in [2.24, 2.45) is 9.98 Å². The molecule has 10 nitrogen and oxygen atoms in total.